The minimum Gasteiger partial charge on any atom is -0.360 e. The molecular weight excluding hydrogens is 354 g/mol. The fourth-order valence-electron chi connectivity index (χ4n) is 1.99. The summed E-state index contributed by atoms with van der Waals surface area (Å²) in [5.74, 6) is -0.441. The molecule has 0 aromatic heterocycles. The Morgan fingerprint density at radius 2 is 1.87 bits per heavy atom. The van der Waals surface area contributed by atoms with Crippen LogP contribution in [0.4, 0.5) is 11.4 Å². The van der Waals surface area contributed by atoms with E-state index >= 15 is 0 Å². The van der Waals surface area contributed by atoms with Crippen molar-refractivity contribution in [1.29, 1.82) is 5.26 Å². The summed E-state index contributed by atoms with van der Waals surface area (Å²) < 4.78 is 0.958. The number of aryl methyl sites for hydroxylation is 2. The van der Waals surface area contributed by atoms with E-state index in [0.29, 0.717) is 5.69 Å². The van der Waals surface area contributed by atoms with E-state index in [4.69, 9.17) is 0 Å². The van der Waals surface area contributed by atoms with Crippen LogP contribution >= 0.6 is 15.9 Å². The minimum absolute atomic E-state index is 0.00731. The number of rotatable bonds is 4. The Kier molecular flexibility index (Phi) is 5.56. The van der Waals surface area contributed by atoms with Crippen molar-refractivity contribution in [1.82, 2.24) is 0 Å². The molecule has 0 radical (unpaired) electrons. The zero-order chi connectivity index (χ0) is 16.8. The second kappa shape index (κ2) is 7.61. The standard InChI is InChI=1S/C18H16BrN3O/c1-12-3-8-17(13(2)9-12)22-18(23)14(10-20)11-21-16-6-4-15(19)5-7-16/h3-9,11,21H,1-2H3,(H,22,23)/b14-11-. The maximum atomic E-state index is 12.2. The van der Waals surface area contributed by atoms with E-state index in [1.165, 1.54) is 6.20 Å². The number of amides is 1. The van der Waals surface area contributed by atoms with E-state index in [1.807, 2.05) is 62.4 Å². The lowest BCUT2D eigenvalue weighted by Gasteiger charge is -2.09. The van der Waals surface area contributed by atoms with Gasteiger partial charge in [-0.15, -0.1) is 0 Å². The zero-order valence-electron chi connectivity index (χ0n) is 12.9. The summed E-state index contributed by atoms with van der Waals surface area (Å²) in [6.07, 6.45) is 1.40. The van der Waals surface area contributed by atoms with Crippen molar-refractivity contribution in [3.63, 3.8) is 0 Å². The highest BCUT2D eigenvalue weighted by Crippen LogP contribution is 2.17. The molecule has 0 aliphatic heterocycles. The first kappa shape index (κ1) is 16.8. The quantitative estimate of drug-likeness (QED) is 0.614. The van der Waals surface area contributed by atoms with Crippen LogP contribution in [0.25, 0.3) is 0 Å². The molecule has 0 spiro atoms. The largest absolute Gasteiger partial charge is 0.360 e. The molecular formula is C18H16BrN3O. The summed E-state index contributed by atoms with van der Waals surface area (Å²) >= 11 is 3.35. The molecule has 0 aliphatic rings. The maximum Gasteiger partial charge on any atom is 0.267 e. The maximum absolute atomic E-state index is 12.2. The monoisotopic (exact) mass is 369 g/mol. The van der Waals surface area contributed by atoms with E-state index in [-0.39, 0.29) is 5.57 Å². The van der Waals surface area contributed by atoms with Crippen molar-refractivity contribution in [3.8, 4) is 6.07 Å². The number of nitrogens with one attached hydrogen (secondary N) is 2. The average Bonchev–Trinajstić information content (AvgIpc) is 2.52. The Morgan fingerprint density at radius 1 is 1.17 bits per heavy atom. The van der Waals surface area contributed by atoms with Crippen LogP contribution < -0.4 is 10.6 Å². The van der Waals surface area contributed by atoms with Gasteiger partial charge in [-0.3, -0.25) is 4.79 Å². The molecule has 0 saturated heterocycles. The highest BCUT2D eigenvalue weighted by molar-refractivity contribution is 9.10. The number of benzene rings is 2. The van der Waals surface area contributed by atoms with Gasteiger partial charge in [0.05, 0.1) is 0 Å². The molecule has 0 bridgehead atoms. The van der Waals surface area contributed by atoms with Crippen LogP contribution in [0.2, 0.25) is 0 Å². The fourth-order valence-corrected chi connectivity index (χ4v) is 2.26. The van der Waals surface area contributed by atoms with E-state index in [0.717, 1.165) is 21.3 Å². The molecule has 2 aromatic carbocycles. The second-order valence-electron chi connectivity index (χ2n) is 5.09. The summed E-state index contributed by atoms with van der Waals surface area (Å²) in [6.45, 7) is 3.90. The lowest BCUT2D eigenvalue weighted by molar-refractivity contribution is -0.112. The van der Waals surface area contributed by atoms with Gasteiger partial charge in [-0.05, 0) is 49.7 Å². The molecule has 1 amide bonds. The summed E-state index contributed by atoms with van der Waals surface area (Å²) in [7, 11) is 0. The Bertz CT molecular complexity index is 789. The highest BCUT2D eigenvalue weighted by atomic mass is 79.9. The molecule has 2 rings (SSSR count). The number of carbonyl (C=O) groups excluding carboxylic acids is 1. The number of halogens is 1. The molecule has 0 atom stereocenters. The van der Waals surface area contributed by atoms with Crippen LogP contribution in [0, 0.1) is 25.2 Å². The SMILES string of the molecule is Cc1ccc(NC(=O)/C(C#N)=C\Nc2ccc(Br)cc2)c(C)c1. The van der Waals surface area contributed by atoms with Crippen LogP contribution in [-0.2, 0) is 4.79 Å². The summed E-state index contributed by atoms with van der Waals surface area (Å²) in [6, 6.07) is 15.1. The molecule has 2 aromatic rings. The van der Waals surface area contributed by atoms with Gasteiger partial charge >= 0.3 is 0 Å². The van der Waals surface area contributed by atoms with Crippen molar-refractivity contribution in [2.75, 3.05) is 10.6 Å². The first-order chi connectivity index (χ1) is 11.0. The van der Waals surface area contributed by atoms with Gasteiger partial charge in [0, 0.05) is 22.0 Å². The molecule has 0 aliphatic carbocycles. The van der Waals surface area contributed by atoms with Crippen LogP contribution in [0.1, 0.15) is 11.1 Å². The summed E-state index contributed by atoms with van der Waals surface area (Å²) in [5.41, 5.74) is 3.57. The second-order valence-corrected chi connectivity index (χ2v) is 6.01. The number of anilines is 2. The molecule has 0 saturated carbocycles. The van der Waals surface area contributed by atoms with Crippen molar-refractivity contribution in [2.45, 2.75) is 13.8 Å². The van der Waals surface area contributed by atoms with Gasteiger partial charge in [-0.25, -0.2) is 0 Å². The third kappa shape index (κ3) is 4.70. The number of carbonyl (C=O) groups is 1. The van der Waals surface area contributed by atoms with E-state index in [9.17, 15) is 10.1 Å². The average molecular weight is 370 g/mol. The molecule has 116 valence electrons. The van der Waals surface area contributed by atoms with Gasteiger partial charge < -0.3 is 10.6 Å². The lowest BCUT2D eigenvalue weighted by Crippen LogP contribution is -2.15. The van der Waals surface area contributed by atoms with Gasteiger partial charge in [0.2, 0.25) is 0 Å². The molecule has 0 unspecified atom stereocenters. The van der Waals surface area contributed by atoms with E-state index < -0.39 is 5.91 Å². The van der Waals surface area contributed by atoms with Gasteiger partial charge in [-0.2, -0.15) is 5.26 Å². The van der Waals surface area contributed by atoms with Crippen LogP contribution in [0.15, 0.2) is 58.7 Å². The summed E-state index contributed by atoms with van der Waals surface area (Å²) in [4.78, 5) is 12.2. The van der Waals surface area contributed by atoms with Crippen molar-refractivity contribution < 1.29 is 4.79 Å². The van der Waals surface area contributed by atoms with Gasteiger partial charge in [0.15, 0.2) is 0 Å². The zero-order valence-corrected chi connectivity index (χ0v) is 14.4. The Morgan fingerprint density at radius 3 is 2.48 bits per heavy atom. The van der Waals surface area contributed by atoms with Gasteiger partial charge in [0.25, 0.3) is 5.91 Å². The van der Waals surface area contributed by atoms with E-state index in [1.54, 1.807) is 0 Å². The van der Waals surface area contributed by atoms with Crippen molar-refractivity contribution >= 4 is 33.2 Å². The Hall–Kier alpha value is -2.58. The molecule has 5 heteroatoms. The highest BCUT2D eigenvalue weighted by Gasteiger charge is 2.10. The van der Waals surface area contributed by atoms with Gasteiger partial charge in [0.1, 0.15) is 11.6 Å². The van der Waals surface area contributed by atoms with Crippen LogP contribution in [-0.4, -0.2) is 5.91 Å². The predicted octanol–water partition coefficient (Wildman–Crippen LogP) is 4.52. The summed E-state index contributed by atoms with van der Waals surface area (Å²) in [5, 5.41) is 14.9. The molecule has 4 nitrogen and oxygen atoms in total. The number of hydrogen-bond acceptors (Lipinski definition) is 3. The lowest BCUT2D eigenvalue weighted by atomic mass is 10.1. The topological polar surface area (TPSA) is 64.9 Å². The molecule has 23 heavy (non-hydrogen) atoms. The van der Waals surface area contributed by atoms with E-state index in [2.05, 4.69) is 26.6 Å². The van der Waals surface area contributed by atoms with Crippen molar-refractivity contribution in [2.24, 2.45) is 0 Å². The number of nitrogens with zero attached hydrogens (tertiary/aromatic N) is 1. The first-order valence-corrected chi connectivity index (χ1v) is 7.80. The fraction of sp³-hybridized carbons (Fsp3) is 0.111. The van der Waals surface area contributed by atoms with Crippen LogP contribution in [0.5, 0.6) is 0 Å². The third-order valence-electron chi connectivity index (χ3n) is 3.22. The molecule has 2 N–H and O–H groups in total. The van der Waals surface area contributed by atoms with Crippen molar-refractivity contribution in [3.05, 3.63) is 69.8 Å². The normalized spacial score (nSPS) is 10.8. The minimum atomic E-state index is -0.441. The smallest absolute Gasteiger partial charge is 0.267 e. The number of hydrogen-bond donors (Lipinski definition) is 2. The Balaban J connectivity index is 2.10. The first-order valence-electron chi connectivity index (χ1n) is 7.00. The predicted molar refractivity (Wildman–Crippen MR) is 96.0 cm³/mol. The Labute approximate surface area is 144 Å². The van der Waals surface area contributed by atoms with Gasteiger partial charge in [-0.1, -0.05) is 33.6 Å². The number of nitriles is 1. The molecule has 0 fully saturated rings. The van der Waals surface area contributed by atoms with Crippen LogP contribution in [0.3, 0.4) is 0 Å². The third-order valence-corrected chi connectivity index (χ3v) is 3.75. The molecule has 0 heterocycles.